The first-order valence-electron chi connectivity index (χ1n) is 6.57. The lowest BCUT2D eigenvalue weighted by atomic mass is 10.0. The molecule has 0 aliphatic carbocycles. The summed E-state index contributed by atoms with van der Waals surface area (Å²) in [5, 5.41) is 5.55. The molecule has 0 saturated heterocycles. The first-order chi connectivity index (χ1) is 8.99. The van der Waals surface area contributed by atoms with Crippen LogP contribution in [0.15, 0.2) is 30.3 Å². The van der Waals surface area contributed by atoms with Crippen molar-refractivity contribution in [3.8, 4) is 0 Å². The van der Waals surface area contributed by atoms with E-state index in [4.69, 9.17) is 0 Å². The van der Waals surface area contributed by atoms with E-state index in [1.807, 2.05) is 44.2 Å². The summed E-state index contributed by atoms with van der Waals surface area (Å²) >= 11 is 0. The highest BCUT2D eigenvalue weighted by molar-refractivity contribution is 5.86. The van der Waals surface area contributed by atoms with Crippen molar-refractivity contribution in [3.63, 3.8) is 0 Å². The quantitative estimate of drug-likeness (QED) is 0.822. The average Bonchev–Trinajstić information content (AvgIpc) is 2.35. The van der Waals surface area contributed by atoms with Crippen LogP contribution in [0.25, 0.3) is 0 Å². The lowest BCUT2D eigenvalue weighted by Crippen LogP contribution is -2.46. The van der Waals surface area contributed by atoms with Gasteiger partial charge in [-0.2, -0.15) is 0 Å². The van der Waals surface area contributed by atoms with E-state index >= 15 is 0 Å². The zero-order chi connectivity index (χ0) is 14.3. The molecule has 104 valence electrons. The summed E-state index contributed by atoms with van der Waals surface area (Å²) in [4.78, 5) is 23.2. The maximum Gasteiger partial charge on any atom is 0.242 e. The van der Waals surface area contributed by atoms with Gasteiger partial charge in [-0.05, 0) is 17.9 Å². The third-order valence-corrected chi connectivity index (χ3v) is 2.71. The summed E-state index contributed by atoms with van der Waals surface area (Å²) in [5.41, 5.74) is 1.04. The van der Waals surface area contributed by atoms with Crippen LogP contribution in [0.4, 0.5) is 0 Å². The van der Waals surface area contributed by atoms with Gasteiger partial charge in [0.1, 0.15) is 6.04 Å². The Hall–Kier alpha value is -1.84. The van der Waals surface area contributed by atoms with E-state index in [9.17, 15) is 9.59 Å². The summed E-state index contributed by atoms with van der Waals surface area (Å²) < 4.78 is 0. The number of hydrogen-bond donors (Lipinski definition) is 2. The molecule has 0 spiro atoms. The maximum atomic E-state index is 12.1. The third kappa shape index (κ3) is 6.04. The second kappa shape index (κ2) is 7.56. The topological polar surface area (TPSA) is 58.2 Å². The molecule has 0 aliphatic heterocycles. The molecule has 19 heavy (non-hydrogen) atoms. The Kier molecular flexibility index (Phi) is 6.06. The average molecular weight is 262 g/mol. The van der Waals surface area contributed by atoms with Gasteiger partial charge in [-0.1, -0.05) is 44.2 Å². The zero-order valence-electron chi connectivity index (χ0n) is 11.8. The highest BCUT2D eigenvalue weighted by Crippen LogP contribution is 2.05. The second-order valence-corrected chi connectivity index (χ2v) is 5.09. The molecule has 2 amide bonds. The Morgan fingerprint density at radius 2 is 1.79 bits per heavy atom. The molecular weight excluding hydrogens is 240 g/mol. The van der Waals surface area contributed by atoms with Crippen molar-refractivity contribution in [3.05, 3.63) is 35.9 Å². The van der Waals surface area contributed by atoms with E-state index in [-0.39, 0.29) is 11.8 Å². The normalized spacial score (nSPS) is 12.0. The molecule has 1 aromatic rings. The van der Waals surface area contributed by atoms with Gasteiger partial charge in [0.15, 0.2) is 0 Å². The van der Waals surface area contributed by atoms with Gasteiger partial charge in [0.25, 0.3) is 0 Å². The molecule has 0 saturated carbocycles. The molecule has 0 fully saturated rings. The maximum absolute atomic E-state index is 12.1. The lowest BCUT2D eigenvalue weighted by molar-refractivity contribution is -0.128. The first kappa shape index (κ1) is 15.2. The molecule has 0 aromatic heterocycles. The molecule has 1 atom stereocenters. The van der Waals surface area contributed by atoms with Crippen LogP contribution in [0.5, 0.6) is 0 Å². The number of benzene rings is 1. The molecule has 4 nitrogen and oxygen atoms in total. The van der Waals surface area contributed by atoms with Gasteiger partial charge in [0.2, 0.25) is 11.8 Å². The van der Waals surface area contributed by atoms with Gasteiger partial charge in [-0.3, -0.25) is 9.59 Å². The van der Waals surface area contributed by atoms with Crippen molar-refractivity contribution in [1.82, 2.24) is 10.6 Å². The smallest absolute Gasteiger partial charge is 0.242 e. The summed E-state index contributed by atoms with van der Waals surface area (Å²) in [5.74, 6) is 0.0348. The summed E-state index contributed by atoms with van der Waals surface area (Å²) in [7, 11) is 0. The van der Waals surface area contributed by atoms with E-state index < -0.39 is 6.04 Å². The molecule has 0 radical (unpaired) electrons. The molecule has 1 unspecified atom stereocenters. The van der Waals surface area contributed by atoms with E-state index in [0.717, 1.165) is 5.56 Å². The molecule has 1 aromatic carbocycles. The second-order valence-electron chi connectivity index (χ2n) is 5.09. The Labute approximate surface area is 114 Å². The van der Waals surface area contributed by atoms with Crippen LogP contribution in [0.1, 0.15) is 32.8 Å². The van der Waals surface area contributed by atoms with E-state index in [2.05, 4.69) is 10.6 Å². The Balaban J connectivity index is 2.54. The third-order valence-electron chi connectivity index (χ3n) is 2.71. The first-order valence-corrected chi connectivity index (χ1v) is 6.57. The Morgan fingerprint density at radius 1 is 1.16 bits per heavy atom. The van der Waals surface area contributed by atoms with Crippen LogP contribution in [0, 0.1) is 5.92 Å². The number of amides is 2. The highest BCUT2D eigenvalue weighted by atomic mass is 16.2. The SMILES string of the molecule is CC(=O)NC(CC(C)C)C(=O)NCc1ccccc1. The Morgan fingerprint density at radius 3 is 2.32 bits per heavy atom. The van der Waals surface area contributed by atoms with E-state index in [1.165, 1.54) is 6.92 Å². The summed E-state index contributed by atoms with van der Waals surface area (Å²) in [6, 6.07) is 9.25. The fourth-order valence-electron chi connectivity index (χ4n) is 1.86. The highest BCUT2D eigenvalue weighted by Gasteiger charge is 2.20. The van der Waals surface area contributed by atoms with Gasteiger partial charge in [-0.25, -0.2) is 0 Å². The van der Waals surface area contributed by atoms with Gasteiger partial charge >= 0.3 is 0 Å². The fourth-order valence-corrected chi connectivity index (χ4v) is 1.86. The number of hydrogen-bond acceptors (Lipinski definition) is 2. The molecule has 0 bridgehead atoms. The lowest BCUT2D eigenvalue weighted by Gasteiger charge is -2.19. The number of carbonyl (C=O) groups is 2. The molecule has 0 aliphatic rings. The number of carbonyl (C=O) groups excluding carboxylic acids is 2. The molecule has 1 rings (SSSR count). The number of nitrogens with one attached hydrogen (secondary N) is 2. The van der Waals surface area contributed by atoms with Crippen LogP contribution in [0.2, 0.25) is 0 Å². The molecule has 4 heteroatoms. The van der Waals surface area contributed by atoms with Gasteiger partial charge in [0, 0.05) is 13.5 Å². The van der Waals surface area contributed by atoms with Crippen LogP contribution in [-0.2, 0) is 16.1 Å². The minimum atomic E-state index is -0.457. The van der Waals surface area contributed by atoms with E-state index in [1.54, 1.807) is 0 Å². The number of rotatable bonds is 6. The monoisotopic (exact) mass is 262 g/mol. The van der Waals surface area contributed by atoms with E-state index in [0.29, 0.717) is 18.9 Å². The fraction of sp³-hybridized carbons (Fsp3) is 0.467. The van der Waals surface area contributed by atoms with Crippen molar-refractivity contribution in [2.45, 2.75) is 39.8 Å². The minimum absolute atomic E-state index is 0.132. The molecule has 2 N–H and O–H groups in total. The van der Waals surface area contributed by atoms with Gasteiger partial charge in [0.05, 0.1) is 0 Å². The molecule has 0 heterocycles. The standard InChI is InChI=1S/C15H22N2O2/c1-11(2)9-14(17-12(3)18)15(19)16-10-13-7-5-4-6-8-13/h4-8,11,14H,9-10H2,1-3H3,(H,16,19)(H,17,18). The minimum Gasteiger partial charge on any atom is -0.350 e. The molecular formula is C15H22N2O2. The van der Waals surface area contributed by atoms with Gasteiger partial charge in [-0.15, -0.1) is 0 Å². The van der Waals surface area contributed by atoms with Crippen LogP contribution >= 0.6 is 0 Å². The predicted octanol–water partition coefficient (Wildman–Crippen LogP) is 1.85. The largest absolute Gasteiger partial charge is 0.350 e. The van der Waals surface area contributed by atoms with Crippen molar-refractivity contribution in [1.29, 1.82) is 0 Å². The zero-order valence-corrected chi connectivity index (χ0v) is 11.8. The van der Waals surface area contributed by atoms with Crippen LogP contribution < -0.4 is 10.6 Å². The van der Waals surface area contributed by atoms with Crippen molar-refractivity contribution in [2.75, 3.05) is 0 Å². The predicted molar refractivity (Wildman–Crippen MR) is 75.3 cm³/mol. The van der Waals surface area contributed by atoms with Crippen molar-refractivity contribution >= 4 is 11.8 Å². The van der Waals surface area contributed by atoms with Crippen LogP contribution in [-0.4, -0.2) is 17.9 Å². The van der Waals surface area contributed by atoms with Crippen molar-refractivity contribution < 1.29 is 9.59 Å². The Bertz CT molecular complexity index is 415. The van der Waals surface area contributed by atoms with Crippen LogP contribution in [0.3, 0.4) is 0 Å². The summed E-state index contributed by atoms with van der Waals surface area (Å²) in [6.45, 7) is 5.96. The summed E-state index contributed by atoms with van der Waals surface area (Å²) in [6.07, 6.45) is 0.639. The van der Waals surface area contributed by atoms with Gasteiger partial charge < -0.3 is 10.6 Å². The van der Waals surface area contributed by atoms with Crippen molar-refractivity contribution in [2.24, 2.45) is 5.92 Å².